The lowest BCUT2D eigenvalue weighted by atomic mass is 10.1. The standard InChI is InChI=1S/C12H18N2O3/c1-9-7-13(2)4-5-14(9)8-10-3-6-17-11(10)12(15)16/h3,6,9H,4-5,7-8H2,1-2H3,(H,15,16). The van der Waals surface area contributed by atoms with Crippen LogP contribution >= 0.6 is 0 Å². The van der Waals surface area contributed by atoms with E-state index in [1.54, 1.807) is 6.07 Å². The van der Waals surface area contributed by atoms with Crippen LogP contribution in [0.2, 0.25) is 0 Å². The minimum atomic E-state index is -0.994. The Morgan fingerprint density at radius 1 is 1.59 bits per heavy atom. The molecule has 1 unspecified atom stereocenters. The van der Waals surface area contributed by atoms with Gasteiger partial charge in [-0.3, -0.25) is 4.90 Å². The third-order valence-corrected chi connectivity index (χ3v) is 3.28. The molecule has 1 fully saturated rings. The molecule has 2 heterocycles. The molecule has 1 aromatic rings. The Labute approximate surface area is 101 Å². The lowest BCUT2D eigenvalue weighted by Gasteiger charge is -2.38. The normalized spacial score (nSPS) is 22.8. The van der Waals surface area contributed by atoms with Gasteiger partial charge in [-0.1, -0.05) is 0 Å². The molecular weight excluding hydrogens is 220 g/mol. The molecule has 5 nitrogen and oxygen atoms in total. The van der Waals surface area contributed by atoms with Gasteiger partial charge >= 0.3 is 5.97 Å². The van der Waals surface area contributed by atoms with Crippen molar-refractivity contribution in [3.63, 3.8) is 0 Å². The summed E-state index contributed by atoms with van der Waals surface area (Å²) >= 11 is 0. The molecule has 1 saturated heterocycles. The molecule has 0 radical (unpaired) electrons. The molecule has 1 aromatic heterocycles. The van der Waals surface area contributed by atoms with Crippen molar-refractivity contribution in [1.29, 1.82) is 0 Å². The maximum Gasteiger partial charge on any atom is 0.372 e. The quantitative estimate of drug-likeness (QED) is 0.855. The Morgan fingerprint density at radius 3 is 3.00 bits per heavy atom. The molecule has 0 amide bonds. The Morgan fingerprint density at radius 2 is 2.35 bits per heavy atom. The van der Waals surface area contributed by atoms with Gasteiger partial charge in [0.1, 0.15) is 0 Å². The molecule has 0 bridgehead atoms. The van der Waals surface area contributed by atoms with Gasteiger partial charge < -0.3 is 14.4 Å². The zero-order chi connectivity index (χ0) is 12.4. The van der Waals surface area contributed by atoms with Gasteiger partial charge in [-0.2, -0.15) is 0 Å². The van der Waals surface area contributed by atoms with E-state index in [9.17, 15) is 4.79 Å². The number of hydrogen-bond acceptors (Lipinski definition) is 4. The number of rotatable bonds is 3. The van der Waals surface area contributed by atoms with Crippen molar-refractivity contribution < 1.29 is 14.3 Å². The molecule has 0 aliphatic carbocycles. The molecule has 1 atom stereocenters. The van der Waals surface area contributed by atoms with Crippen LogP contribution in [0, 0.1) is 0 Å². The second-order valence-corrected chi connectivity index (χ2v) is 4.66. The topological polar surface area (TPSA) is 56.9 Å². The SMILES string of the molecule is CC1CN(C)CCN1Cc1ccoc1C(=O)O. The van der Waals surface area contributed by atoms with Crippen LogP contribution < -0.4 is 0 Å². The Kier molecular flexibility index (Phi) is 3.49. The van der Waals surface area contributed by atoms with Gasteiger partial charge in [0.2, 0.25) is 5.76 Å². The van der Waals surface area contributed by atoms with Gasteiger partial charge in [0, 0.05) is 37.8 Å². The predicted octanol–water partition coefficient (Wildman–Crippen LogP) is 1.11. The fourth-order valence-corrected chi connectivity index (χ4v) is 2.28. The predicted molar refractivity (Wildman–Crippen MR) is 63.0 cm³/mol. The minimum Gasteiger partial charge on any atom is -0.475 e. The van der Waals surface area contributed by atoms with E-state index in [4.69, 9.17) is 9.52 Å². The Balaban J connectivity index is 2.05. The average Bonchev–Trinajstić information content (AvgIpc) is 2.70. The molecule has 5 heteroatoms. The van der Waals surface area contributed by atoms with Crippen LogP contribution in [0.3, 0.4) is 0 Å². The first-order valence-electron chi connectivity index (χ1n) is 5.80. The summed E-state index contributed by atoms with van der Waals surface area (Å²) in [5, 5.41) is 8.97. The number of aromatic carboxylic acids is 1. The largest absolute Gasteiger partial charge is 0.475 e. The lowest BCUT2D eigenvalue weighted by Crippen LogP contribution is -2.49. The summed E-state index contributed by atoms with van der Waals surface area (Å²) < 4.78 is 4.99. The van der Waals surface area contributed by atoms with E-state index in [1.807, 2.05) is 0 Å². The highest BCUT2D eigenvalue weighted by molar-refractivity contribution is 5.86. The summed E-state index contributed by atoms with van der Waals surface area (Å²) in [6.07, 6.45) is 1.44. The van der Waals surface area contributed by atoms with Crippen molar-refractivity contribution in [2.45, 2.75) is 19.5 Å². The number of piperazine rings is 1. The van der Waals surface area contributed by atoms with Crippen LogP contribution in [0.1, 0.15) is 23.0 Å². The van der Waals surface area contributed by atoms with Crippen LogP contribution in [0.25, 0.3) is 0 Å². The summed E-state index contributed by atoms with van der Waals surface area (Å²) in [6.45, 7) is 5.80. The van der Waals surface area contributed by atoms with Crippen LogP contribution in [0.4, 0.5) is 0 Å². The van der Waals surface area contributed by atoms with Gasteiger partial charge in [0.15, 0.2) is 0 Å². The van der Waals surface area contributed by atoms with Gasteiger partial charge in [-0.25, -0.2) is 4.79 Å². The monoisotopic (exact) mass is 238 g/mol. The molecule has 0 saturated carbocycles. The highest BCUT2D eigenvalue weighted by atomic mass is 16.4. The molecule has 1 N–H and O–H groups in total. The number of furan rings is 1. The summed E-state index contributed by atoms with van der Waals surface area (Å²) in [4.78, 5) is 15.5. The summed E-state index contributed by atoms with van der Waals surface area (Å²) in [5.74, 6) is -0.928. The van der Waals surface area contributed by atoms with Crippen molar-refractivity contribution in [2.24, 2.45) is 0 Å². The smallest absolute Gasteiger partial charge is 0.372 e. The van der Waals surface area contributed by atoms with E-state index in [-0.39, 0.29) is 5.76 Å². The number of carboxylic acids is 1. The highest BCUT2D eigenvalue weighted by Gasteiger charge is 2.24. The van der Waals surface area contributed by atoms with E-state index >= 15 is 0 Å². The summed E-state index contributed by atoms with van der Waals surface area (Å²) in [7, 11) is 2.11. The number of likely N-dealkylation sites (N-methyl/N-ethyl adjacent to an activating group) is 1. The molecule has 0 spiro atoms. The van der Waals surface area contributed by atoms with Gasteiger partial charge in [-0.15, -0.1) is 0 Å². The van der Waals surface area contributed by atoms with Crippen LogP contribution in [-0.2, 0) is 6.54 Å². The number of nitrogens with zero attached hydrogens (tertiary/aromatic N) is 2. The maximum absolute atomic E-state index is 10.9. The highest BCUT2D eigenvalue weighted by Crippen LogP contribution is 2.17. The Hall–Kier alpha value is -1.33. The fourth-order valence-electron chi connectivity index (χ4n) is 2.28. The van der Waals surface area contributed by atoms with Gasteiger partial charge in [0.25, 0.3) is 0 Å². The van der Waals surface area contributed by atoms with Crippen molar-refractivity contribution >= 4 is 5.97 Å². The van der Waals surface area contributed by atoms with Crippen molar-refractivity contribution in [2.75, 3.05) is 26.7 Å². The zero-order valence-electron chi connectivity index (χ0n) is 10.2. The molecule has 17 heavy (non-hydrogen) atoms. The third-order valence-electron chi connectivity index (χ3n) is 3.28. The first kappa shape index (κ1) is 12.1. The lowest BCUT2D eigenvalue weighted by molar-refractivity contribution is 0.0651. The van der Waals surface area contributed by atoms with Crippen molar-refractivity contribution in [3.8, 4) is 0 Å². The molecular formula is C12H18N2O3. The first-order chi connectivity index (χ1) is 8.08. The van der Waals surface area contributed by atoms with Gasteiger partial charge in [0.05, 0.1) is 6.26 Å². The van der Waals surface area contributed by atoms with Crippen molar-refractivity contribution in [1.82, 2.24) is 9.80 Å². The summed E-state index contributed by atoms with van der Waals surface area (Å²) in [6, 6.07) is 2.18. The first-order valence-corrected chi connectivity index (χ1v) is 5.80. The second kappa shape index (κ2) is 4.89. The second-order valence-electron chi connectivity index (χ2n) is 4.66. The fraction of sp³-hybridized carbons (Fsp3) is 0.583. The van der Waals surface area contributed by atoms with E-state index < -0.39 is 5.97 Å². The number of carboxylic acid groups (broad SMARTS) is 1. The molecule has 2 rings (SSSR count). The number of carbonyl (C=O) groups is 1. The van der Waals surface area contributed by atoms with E-state index in [1.165, 1.54) is 6.26 Å². The van der Waals surface area contributed by atoms with Crippen LogP contribution in [0.15, 0.2) is 16.7 Å². The molecule has 94 valence electrons. The molecule has 1 aliphatic rings. The van der Waals surface area contributed by atoms with Crippen molar-refractivity contribution in [3.05, 3.63) is 23.7 Å². The van der Waals surface area contributed by atoms with E-state index in [0.29, 0.717) is 12.6 Å². The maximum atomic E-state index is 10.9. The van der Waals surface area contributed by atoms with E-state index in [0.717, 1.165) is 25.2 Å². The Bertz CT molecular complexity index is 402. The minimum absolute atomic E-state index is 0.0659. The third kappa shape index (κ3) is 2.68. The van der Waals surface area contributed by atoms with Crippen LogP contribution in [0.5, 0.6) is 0 Å². The van der Waals surface area contributed by atoms with Gasteiger partial charge in [-0.05, 0) is 20.0 Å². The van der Waals surface area contributed by atoms with Crippen LogP contribution in [-0.4, -0.2) is 53.6 Å². The molecule has 0 aromatic carbocycles. The number of hydrogen-bond donors (Lipinski definition) is 1. The molecule has 1 aliphatic heterocycles. The summed E-state index contributed by atoms with van der Waals surface area (Å²) in [5.41, 5.74) is 0.758. The average molecular weight is 238 g/mol. The van der Waals surface area contributed by atoms with E-state index in [2.05, 4.69) is 23.8 Å². The zero-order valence-corrected chi connectivity index (χ0v) is 10.2.